The molecule has 26 heavy (non-hydrogen) atoms. The summed E-state index contributed by atoms with van der Waals surface area (Å²) < 4.78 is 5.67. The molecule has 0 unspecified atom stereocenters. The van der Waals surface area contributed by atoms with Gasteiger partial charge in [0.2, 0.25) is 0 Å². The van der Waals surface area contributed by atoms with Crippen LogP contribution in [0.2, 0.25) is 0 Å². The maximum atomic E-state index is 11.3. The van der Waals surface area contributed by atoms with Gasteiger partial charge in [-0.3, -0.25) is 4.98 Å². The van der Waals surface area contributed by atoms with Gasteiger partial charge in [0.05, 0.1) is 22.2 Å². The maximum Gasteiger partial charge on any atom is 0.335 e. The molecule has 0 atom stereocenters. The van der Waals surface area contributed by atoms with Crippen molar-refractivity contribution in [1.82, 2.24) is 4.98 Å². The predicted octanol–water partition coefficient (Wildman–Crippen LogP) is 4.18. The lowest BCUT2D eigenvalue weighted by Crippen LogP contribution is -2.08. The van der Waals surface area contributed by atoms with Gasteiger partial charge in [0.1, 0.15) is 12.4 Å². The van der Waals surface area contributed by atoms with E-state index in [9.17, 15) is 9.70 Å². The molecule has 0 saturated heterocycles. The number of carbonyl (C=O) groups is 1. The van der Waals surface area contributed by atoms with Crippen LogP contribution in [0.15, 0.2) is 78.3 Å². The highest BCUT2D eigenvalue weighted by Gasteiger charge is 2.12. The normalized spacial score (nSPS) is 10.2. The van der Waals surface area contributed by atoms with Crippen molar-refractivity contribution in [1.29, 1.82) is 0 Å². The van der Waals surface area contributed by atoms with E-state index in [1.807, 2.05) is 12.1 Å². The molecule has 0 aliphatic rings. The third kappa shape index (κ3) is 4.02. The fourth-order valence-corrected chi connectivity index (χ4v) is 2.35. The first-order valence-corrected chi connectivity index (χ1v) is 7.76. The number of rotatable bonds is 7. The summed E-state index contributed by atoms with van der Waals surface area (Å²) in [6.07, 6.45) is 3.42. The topological polar surface area (TPSA) is 92.1 Å². The lowest BCUT2D eigenvalue weighted by Gasteiger charge is -2.16. The Morgan fingerprint density at radius 2 is 1.88 bits per heavy atom. The second-order valence-corrected chi connectivity index (χ2v) is 5.39. The van der Waals surface area contributed by atoms with Crippen molar-refractivity contribution in [2.24, 2.45) is 5.29 Å². The van der Waals surface area contributed by atoms with Gasteiger partial charge in [-0.05, 0) is 48.5 Å². The second-order valence-electron chi connectivity index (χ2n) is 5.39. The molecule has 1 aromatic heterocycles. The smallest absolute Gasteiger partial charge is 0.335 e. The number of hydrogen-bond donors (Lipinski definition) is 1. The Hall–Kier alpha value is -3.74. The lowest BCUT2D eigenvalue weighted by atomic mass is 10.2. The van der Waals surface area contributed by atoms with Crippen molar-refractivity contribution in [2.75, 3.05) is 5.01 Å². The molecule has 1 heterocycles. The molecule has 0 radical (unpaired) electrons. The first-order chi connectivity index (χ1) is 12.7. The van der Waals surface area contributed by atoms with E-state index >= 15 is 0 Å². The Bertz CT molecular complexity index is 898. The van der Waals surface area contributed by atoms with Crippen molar-refractivity contribution in [3.63, 3.8) is 0 Å². The van der Waals surface area contributed by atoms with Crippen LogP contribution in [0.1, 0.15) is 15.9 Å². The van der Waals surface area contributed by atoms with E-state index in [1.54, 1.807) is 48.8 Å². The van der Waals surface area contributed by atoms with E-state index in [0.717, 1.165) is 10.6 Å². The maximum absolute atomic E-state index is 11.3. The third-order valence-electron chi connectivity index (χ3n) is 3.63. The largest absolute Gasteiger partial charge is 0.489 e. The minimum absolute atomic E-state index is 0.0765. The molecule has 0 fully saturated rings. The minimum Gasteiger partial charge on any atom is -0.489 e. The fraction of sp³-hybridized carbons (Fsp3) is 0.0526. The summed E-state index contributed by atoms with van der Waals surface area (Å²) in [7, 11) is 0. The van der Waals surface area contributed by atoms with E-state index < -0.39 is 5.97 Å². The molecule has 2 aromatic carbocycles. The number of nitroso groups, excluding NO2 is 1. The van der Waals surface area contributed by atoms with Crippen molar-refractivity contribution < 1.29 is 14.6 Å². The molecular weight excluding hydrogens is 334 g/mol. The summed E-state index contributed by atoms with van der Waals surface area (Å²) in [5.74, 6) is -0.445. The molecular formula is C19H15N3O4. The van der Waals surface area contributed by atoms with Gasteiger partial charge in [0.25, 0.3) is 0 Å². The van der Waals surface area contributed by atoms with Gasteiger partial charge in [-0.15, -0.1) is 4.91 Å². The molecule has 0 amide bonds. The monoisotopic (exact) mass is 349 g/mol. The van der Waals surface area contributed by atoms with Crippen molar-refractivity contribution >= 4 is 17.3 Å². The van der Waals surface area contributed by atoms with Crippen molar-refractivity contribution in [3.05, 3.63) is 89.1 Å². The zero-order valence-corrected chi connectivity index (χ0v) is 13.6. The van der Waals surface area contributed by atoms with E-state index in [2.05, 4.69) is 10.3 Å². The van der Waals surface area contributed by atoms with Crippen LogP contribution in [-0.4, -0.2) is 16.1 Å². The first kappa shape index (κ1) is 17.1. The Morgan fingerprint density at radius 1 is 1.08 bits per heavy atom. The predicted molar refractivity (Wildman–Crippen MR) is 96.3 cm³/mol. The quantitative estimate of drug-likeness (QED) is 0.508. The van der Waals surface area contributed by atoms with Gasteiger partial charge < -0.3 is 9.84 Å². The van der Waals surface area contributed by atoms with E-state index in [4.69, 9.17) is 9.84 Å². The molecule has 0 spiro atoms. The van der Waals surface area contributed by atoms with Gasteiger partial charge in [0.15, 0.2) is 0 Å². The molecule has 3 rings (SSSR count). The highest BCUT2D eigenvalue weighted by molar-refractivity contribution is 5.89. The summed E-state index contributed by atoms with van der Waals surface area (Å²) in [4.78, 5) is 26.4. The average molecular weight is 349 g/mol. The number of carboxylic acid groups (broad SMARTS) is 1. The molecule has 0 aliphatic heterocycles. The Kier molecular flexibility index (Phi) is 5.19. The third-order valence-corrected chi connectivity index (χ3v) is 3.63. The zero-order chi connectivity index (χ0) is 18.4. The average Bonchev–Trinajstić information content (AvgIpc) is 2.69. The lowest BCUT2D eigenvalue weighted by molar-refractivity contribution is 0.0697. The molecule has 0 aliphatic carbocycles. The van der Waals surface area contributed by atoms with Crippen LogP contribution in [-0.2, 0) is 6.61 Å². The molecule has 1 N–H and O–H groups in total. The molecule has 0 saturated carbocycles. The Balaban J connectivity index is 1.74. The van der Waals surface area contributed by atoms with Gasteiger partial charge in [0, 0.05) is 18.0 Å². The van der Waals surface area contributed by atoms with Crippen LogP contribution in [0.5, 0.6) is 5.75 Å². The highest BCUT2D eigenvalue weighted by Crippen LogP contribution is 2.28. The van der Waals surface area contributed by atoms with Gasteiger partial charge in [-0.25, -0.2) is 4.79 Å². The first-order valence-electron chi connectivity index (χ1n) is 7.76. The number of carboxylic acids is 1. The van der Waals surface area contributed by atoms with Gasteiger partial charge in [-0.2, -0.15) is 5.01 Å². The summed E-state index contributed by atoms with van der Waals surface area (Å²) in [6, 6.07) is 16.5. The van der Waals surface area contributed by atoms with Crippen molar-refractivity contribution in [3.8, 4) is 5.75 Å². The van der Waals surface area contributed by atoms with E-state index in [-0.39, 0.29) is 5.56 Å². The Morgan fingerprint density at radius 3 is 2.54 bits per heavy atom. The molecule has 3 aromatic rings. The summed E-state index contributed by atoms with van der Waals surface area (Å²) >= 11 is 0. The standard InChI is InChI=1S/C19H15N3O4/c23-19(24)15-4-1-5-17(11-15)22(21-25)16-6-8-18(9-7-16)26-13-14-3-2-10-20-12-14/h1-12H,13H2,(H,23,24). The molecule has 7 heteroatoms. The molecule has 130 valence electrons. The van der Waals surface area contributed by atoms with Crippen LogP contribution >= 0.6 is 0 Å². The second kappa shape index (κ2) is 7.89. The molecule has 7 nitrogen and oxygen atoms in total. The number of aromatic nitrogens is 1. The van der Waals surface area contributed by atoms with E-state index in [1.165, 1.54) is 12.1 Å². The summed E-state index contributed by atoms with van der Waals surface area (Å²) in [5.41, 5.74) is 1.88. The highest BCUT2D eigenvalue weighted by atomic mass is 16.5. The number of pyridine rings is 1. The summed E-state index contributed by atoms with van der Waals surface area (Å²) in [6.45, 7) is 0.378. The number of hydrogen-bond acceptors (Lipinski definition) is 5. The minimum atomic E-state index is -1.07. The van der Waals surface area contributed by atoms with Gasteiger partial charge in [-0.1, -0.05) is 12.1 Å². The van der Waals surface area contributed by atoms with Crippen LogP contribution in [0.25, 0.3) is 0 Å². The summed E-state index contributed by atoms with van der Waals surface area (Å²) in [5, 5.41) is 13.2. The van der Waals surface area contributed by atoms with Crippen LogP contribution < -0.4 is 9.75 Å². The van der Waals surface area contributed by atoms with Crippen molar-refractivity contribution in [2.45, 2.75) is 6.61 Å². The number of aromatic carboxylic acids is 1. The fourth-order valence-electron chi connectivity index (χ4n) is 2.35. The zero-order valence-electron chi connectivity index (χ0n) is 13.6. The van der Waals surface area contributed by atoms with Gasteiger partial charge >= 0.3 is 5.97 Å². The SMILES string of the molecule is O=NN(c1ccc(OCc2cccnc2)cc1)c1cccc(C(=O)O)c1. The number of ether oxygens (including phenoxy) is 1. The number of nitrogens with zero attached hydrogens (tertiary/aromatic N) is 3. The van der Waals surface area contributed by atoms with Crippen LogP contribution in [0.3, 0.4) is 0 Å². The van der Waals surface area contributed by atoms with Crippen LogP contribution in [0, 0.1) is 4.91 Å². The molecule has 0 bridgehead atoms. The Labute approximate surface area is 149 Å². The number of benzene rings is 2. The number of anilines is 2. The van der Waals surface area contributed by atoms with Crippen LogP contribution in [0.4, 0.5) is 11.4 Å². The van der Waals surface area contributed by atoms with E-state index in [0.29, 0.717) is 23.7 Å².